The van der Waals surface area contributed by atoms with Crippen LogP contribution in [0.3, 0.4) is 0 Å². The van der Waals surface area contributed by atoms with Gasteiger partial charge in [0.15, 0.2) is 0 Å². The lowest BCUT2D eigenvalue weighted by Gasteiger charge is -2.28. The lowest BCUT2D eigenvalue weighted by atomic mass is 9.92. The molecule has 0 aliphatic rings. The van der Waals surface area contributed by atoms with Gasteiger partial charge in [-0.3, -0.25) is 0 Å². The molecule has 120 valence electrons. The van der Waals surface area contributed by atoms with Crippen LogP contribution in [0.4, 0.5) is 4.79 Å². The van der Waals surface area contributed by atoms with Gasteiger partial charge in [-0.2, -0.15) is 0 Å². The summed E-state index contributed by atoms with van der Waals surface area (Å²) in [6.07, 6.45) is 10.5. The fourth-order valence-corrected chi connectivity index (χ4v) is 2.08. The van der Waals surface area contributed by atoms with Crippen molar-refractivity contribution >= 4 is 6.03 Å². The monoisotopic (exact) mass is 292 g/mol. The first-order valence-corrected chi connectivity index (χ1v) is 7.91. The summed E-state index contributed by atoms with van der Waals surface area (Å²) in [6, 6.07) is -0.111. The molecule has 0 aromatic rings. The summed E-state index contributed by atoms with van der Waals surface area (Å²) < 4.78 is 0. The van der Waals surface area contributed by atoms with Crippen LogP contribution >= 0.6 is 0 Å². The van der Waals surface area contributed by atoms with E-state index in [1.54, 1.807) is 0 Å². The lowest BCUT2D eigenvalue weighted by Crippen LogP contribution is -2.49. The molecular weight excluding hydrogens is 260 g/mol. The van der Waals surface area contributed by atoms with E-state index in [-0.39, 0.29) is 6.03 Å². The van der Waals surface area contributed by atoms with Crippen LogP contribution in [-0.2, 0) is 0 Å². The summed E-state index contributed by atoms with van der Waals surface area (Å²) in [4.78, 5) is 12.0. The van der Waals surface area contributed by atoms with Crippen molar-refractivity contribution in [3.05, 3.63) is 36.0 Å². The van der Waals surface area contributed by atoms with E-state index in [1.165, 1.54) is 19.3 Å². The van der Waals surface area contributed by atoms with Gasteiger partial charge in [0.05, 0.1) is 5.54 Å². The number of rotatable bonds is 9. The minimum Gasteiger partial charge on any atom is -0.338 e. The Balaban J connectivity index is 4.44. The zero-order chi connectivity index (χ0) is 16.3. The summed E-state index contributed by atoms with van der Waals surface area (Å²) >= 11 is 0. The number of amides is 2. The standard InChI is InChI=1S/C18H32N2O/c1-7-10-11-12-13-19-17(21)20-18(5,6)16(9-3)14-15(4)8-2/h8-9,14H,2,7,10-13H2,1,3-6H3,(H2,19,20,21)/b15-14+,16-9+. The molecule has 0 radical (unpaired) electrons. The van der Waals surface area contributed by atoms with E-state index in [0.29, 0.717) is 0 Å². The molecule has 0 aliphatic heterocycles. The molecule has 2 amide bonds. The minimum absolute atomic E-state index is 0.111. The van der Waals surface area contributed by atoms with E-state index < -0.39 is 5.54 Å². The highest BCUT2D eigenvalue weighted by atomic mass is 16.2. The quantitative estimate of drug-likeness (QED) is 0.468. The van der Waals surface area contributed by atoms with Crippen LogP contribution in [0.1, 0.15) is 60.3 Å². The Morgan fingerprint density at radius 1 is 1.24 bits per heavy atom. The van der Waals surface area contributed by atoms with Gasteiger partial charge in [-0.05, 0) is 39.7 Å². The van der Waals surface area contributed by atoms with E-state index in [9.17, 15) is 4.79 Å². The van der Waals surface area contributed by atoms with Crippen LogP contribution in [0.15, 0.2) is 36.0 Å². The highest BCUT2D eigenvalue weighted by molar-refractivity contribution is 5.75. The van der Waals surface area contributed by atoms with Crippen molar-refractivity contribution in [3.8, 4) is 0 Å². The maximum atomic E-state index is 12.0. The Bertz CT molecular complexity index is 392. The second-order valence-corrected chi connectivity index (χ2v) is 5.90. The number of hydrogen-bond acceptors (Lipinski definition) is 1. The average molecular weight is 292 g/mol. The largest absolute Gasteiger partial charge is 0.338 e. The van der Waals surface area contributed by atoms with Crippen molar-refractivity contribution in [3.63, 3.8) is 0 Å². The highest BCUT2D eigenvalue weighted by Gasteiger charge is 2.23. The number of nitrogens with one attached hydrogen (secondary N) is 2. The van der Waals surface area contributed by atoms with E-state index >= 15 is 0 Å². The maximum absolute atomic E-state index is 12.0. The molecule has 0 saturated carbocycles. The number of carbonyl (C=O) groups is 1. The van der Waals surface area contributed by atoms with Crippen molar-refractivity contribution in [2.45, 2.75) is 65.8 Å². The van der Waals surface area contributed by atoms with Gasteiger partial charge >= 0.3 is 6.03 Å². The third kappa shape index (κ3) is 8.38. The number of allylic oxidation sites excluding steroid dienone is 3. The molecule has 0 heterocycles. The van der Waals surface area contributed by atoms with Gasteiger partial charge in [0.1, 0.15) is 0 Å². The Morgan fingerprint density at radius 2 is 1.90 bits per heavy atom. The molecule has 0 atom stereocenters. The van der Waals surface area contributed by atoms with Gasteiger partial charge in [0.25, 0.3) is 0 Å². The summed E-state index contributed by atoms with van der Waals surface area (Å²) in [5, 5.41) is 5.96. The SMILES string of the molecule is C=C/C(C)=C/C(=C\C)C(C)(C)NC(=O)NCCCCCC. The summed E-state index contributed by atoms with van der Waals surface area (Å²) in [6.45, 7) is 14.7. The van der Waals surface area contributed by atoms with Crippen molar-refractivity contribution in [1.82, 2.24) is 10.6 Å². The Morgan fingerprint density at radius 3 is 2.43 bits per heavy atom. The van der Waals surface area contributed by atoms with Gasteiger partial charge in [-0.25, -0.2) is 4.79 Å². The lowest BCUT2D eigenvalue weighted by molar-refractivity contribution is 0.233. The van der Waals surface area contributed by atoms with E-state index in [0.717, 1.165) is 24.1 Å². The van der Waals surface area contributed by atoms with Gasteiger partial charge in [0, 0.05) is 6.54 Å². The van der Waals surface area contributed by atoms with Crippen molar-refractivity contribution < 1.29 is 4.79 Å². The first-order chi connectivity index (χ1) is 9.87. The van der Waals surface area contributed by atoms with Crippen LogP contribution in [0.25, 0.3) is 0 Å². The zero-order valence-corrected chi connectivity index (χ0v) is 14.4. The summed E-state index contributed by atoms with van der Waals surface area (Å²) in [5.41, 5.74) is 1.74. The fraction of sp³-hybridized carbons (Fsp3) is 0.611. The first kappa shape index (κ1) is 19.5. The molecular formula is C18H32N2O. The number of unbranched alkanes of at least 4 members (excludes halogenated alkanes) is 3. The van der Waals surface area contributed by atoms with Gasteiger partial charge in [-0.1, -0.05) is 56.6 Å². The molecule has 3 nitrogen and oxygen atoms in total. The normalized spacial score (nSPS) is 13.0. The van der Waals surface area contributed by atoms with Gasteiger partial charge < -0.3 is 10.6 Å². The molecule has 0 aromatic carbocycles. The smallest absolute Gasteiger partial charge is 0.315 e. The predicted octanol–water partition coefficient (Wildman–Crippen LogP) is 4.72. The van der Waals surface area contributed by atoms with Crippen molar-refractivity contribution in [2.75, 3.05) is 6.54 Å². The fourth-order valence-electron chi connectivity index (χ4n) is 2.08. The Kier molecular flexibility index (Phi) is 9.51. The third-order valence-corrected chi connectivity index (χ3v) is 3.48. The molecule has 3 heteroatoms. The van der Waals surface area contributed by atoms with Crippen molar-refractivity contribution in [1.29, 1.82) is 0 Å². The van der Waals surface area contributed by atoms with Crippen LogP contribution in [0.5, 0.6) is 0 Å². The molecule has 0 aliphatic carbocycles. The second-order valence-electron chi connectivity index (χ2n) is 5.90. The number of hydrogen-bond donors (Lipinski definition) is 2. The van der Waals surface area contributed by atoms with Crippen LogP contribution in [-0.4, -0.2) is 18.1 Å². The number of carbonyl (C=O) groups excluding carboxylic acids is 1. The van der Waals surface area contributed by atoms with E-state index in [2.05, 4.69) is 30.2 Å². The van der Waals surface area contributed by atoms with Crippen LogP contribution in [0, 0.1) is 0 Å². The molecule has 0 bridgehead atoms. The molecule has 2 N–H and O–H groups in total. The van der Waals surface area contributed by atoms with Gasteiger partial charge in [0.2, 0.25) is 0 Å². The zero-order valence-electron chi connectivity index (χ0n) is 14.4. The average Bonchev–Trinajstić information content (AvgIpc) is 2.43. The molecule has 0 rings (SSSR count). The minimum atomic E-state index is -0.410. The topological polar surface area (TPSA) is 41.1 Å². The maximum Gasteiger partial charge on any atom is 0.315 e. The molecule has 0 aromatic heterocycles. The molecule has 0 spiro atoms. The Labute approximate surface area is 130 Å². The van der Waals surface area contributed by atoms with Crippen molar-refractivity contribution in [2.24, 2.45) is 0 Å². The van der Waals surface area contributed by atoms with E-state index in [4.69, 9.17) is 0 Å². The second kappa shape index (κ2) is 10.3. The molecule has 21 heavy (non-hydrogen) atoms. The predicted molar refractivity (Wildman–Crippen MR) is 92.5 cm³/mol. The van der Waals surface area contributed by atoms with Crippen LogP contribution in [0.2, 0.25) is 0 Å². The van der Waals surface area contributed by atoms with Crippen LogP contribution < -0.4 is 10.6 Å². The third-order valence-electron chi connectivity index (χ3n) is 3.48. The molecule has 0 fully saturated rings. The highest BCUT2D eigenvalue weighted by Crippen LogP contribution is 2.19. The molecule has 0 unspecified atom stereocenters. The number of urea groups is 1. The first-order valence-electron chi connectivity index (χ1n) is 7.91. The summed E-state index contributed by atoms with van der Waals surface area (Å²) in [5.74, 6) is 0. The van der Waals surface area contributed by atoms with Gasteiger partial charge in [-0.15, -0.1) is 0 Å². The Hall–Kier alpha value is -1.51. The summed E-state index contributed by atoms with van der Waals surface area (Å²) in [7, 11) is 0. The van der Waals surface area contributed by atoms with E-state index in [1.807, 2.05) is 39.8 Å². The molecule has 0 saturated heterocycles.